The average molecular weight is 567 g/mol. The molecule has 2 nitrogen and oxygen atoms in total. The summed E-state index contributed by atoms with van der Waals surface area (Å²) in [7, 11) is 0. The molecule has 7 aromatic rings. The van der Waals surface area contributed by atoms with Crippen molar-refractivity contribution in [3.63, 3.8) is 0 Å². The Kier molecular flexibility index (Phi) is 6.63. The summed E-state index contributed by atoms with van der Waals surface area (Å²) in [6.07, 6.45) is -4.57. The molecule has 6 aromatic carbocycles. The van der Waals surface area contributed by atoms with Crippen molar-refractivity contribution in [1.82, 2.24) is 4.98 Å². The maximum atomic E-state index is 13.8. The zero-order valence-electron chi connectivity index (χ0n) is 23.0. The van der Waals surface area contributed by atoms with E-state index in [0.717, 1.165) is 55.6 Å². The SMILES string of the molecule is FC(F)(F)c1cccc(N(c2ccccc2)c2c3ccccc3c(-c3ccc(-c4ccccc4)cc3)c3ccccc23)n1. The molecule has 0 saturated heterocycles. The van der Waals surface area contributed by atoms with Gasteiger partial charge in [0.05, 0.1) is 5.69 Å². The van der Waals surface area contributed by atoms with Crippen LogP contribution in [0.4, 0.5) is 30.4 Å². The number of para-hydroxylation sites is 1. The van der Waals surface area contributed by atoms with Crippen LogP contribution in [0.1, 0.15) is 5.69 Å². The van der Waals surface area contributed by atoms with Gasteiger partial charge in [-0.3, -0.25) is 4.90 Å². The van der Waals surface area contributed by atoms with Crippen LogP contribution < -0.4 is 4.90 Å². The number of alkyl halides is 3. The topological polar surface area (TPSA) is 16.1 Å². The molecule has 0 saturated carbocycles. The van der Waals surface area contributed by atoms with Gasteiger partial charge in [-0.05, 0) is 57.3 Å². The lowest BCUT2D eigenvalue weighted by Gasteiger charge is -2.29. The van der Waals surface area contributed by atoms with Crippen molar-refractivity contribution >= 4 is 38.7 Å². The normalized spacial score (nSPS) is 11.6. The Morgan fingerprint density at radius 3 is 1.51 bits per heavy atom. The standard InChI is InChI=1S/C38H25F3N2/c39-38(40,41)34-20-11-21-35(42-34)43(29-14-5-2-6-15-29)37-32-18-9-7-16-30(32)36(31-17-8-10-19-33(31)37)28-24-22-27(23-25-28)26-12-3-1-4-13-26/h1-25H. The van der Waals surface area contributed by atoms with Crippen molar-refractivity contribution in [3.8, 4) is 22.3 Å². The quantitative estimate of drug-likeness (QED) is 0.193. The van der Waals surface area contributed by atoms with Gasteiger partial charge in [0, 0.05) is 16.5 Å². The number of nitrogens with zero attached hydrogens (tertiary/aromatic N) is 2. The van der Waals surface area contributed by atoms with Gasteiger partial charge in [0.15, 0.2) is 0 Å². The molecule has 0 amide bonds. The maximum absolute atomic E-state index is 13.8. The van der Waals surface area contributed by atoms with E-state index in [1.807, 2.05) is 89.8 Å². The Hall–Kier alpha value is -5.42. The van der Waals surface area contributed by atoms with Crippen molar-refractivity contribution in [1.29, 1.82) is 0 Å². The molecule has 0 aliphatic carbocycles. The van der Waals surface area contributed by atoms with Crippen LogP contribution in [0.5, 0.6) is 0 Å². The molecule has 43 heavy (non-hydrogen) atoms. The molecule has 0 aliphatic rings. The first-order chi connectivity index (χ1) is 21.0. The average Bonchev–Trinajstić information content (AvgIpc) is 3.05. The van der Waals surface area contributed by atoms with Crippen LogP contribution in [0.25, 0.3) is 43.8 Å². The maximum Gasteiger partial charge on any atom is 0.433 e. The zero-order valence-corrected chi connectivity index (χ0v) is 23.0. The summed E-state index contributed by atoms with van der Waals surface area (Å²) in [6.45, 7) is 0. The molecule has 0 bridgehead atoms. The van der Waals surface area contributed by atoms with E-state index in [1.165, 1.54) is 6.07 Å². The molecule has 0 aliphatic heterocycles. The molecule has 0 fully saturated rings. The second-order valence-corrected chi connectivity index (χ2v) is 10.3. The van der Waals surface area contributed by atoms with Crippen LogP contribution in [0.15, 0.2) is 152 Å². The number of fused-ring (bicyclic) bond motifs is 2. The third kappa shape index (κ3) is 4.89. The second-order valence-electron chi connectivity index (χ2n) is 10.3. The number of benzene rings is 6. The summed E-state index contributed by atoms with van der Waals surface area (Å²) < 4.78 is 41.5. The first kappa shape index (κ1) is 26.5. The predicted octanol–water partition coefficient (Wildman–Crippen LogP) is 11.2. The molecule has 0 radical (unpaired) electrons. The summed E-state index contributed by atoms with van der Waals surface area (Å²) in [6, 6.07) is 48.4. The summed E-state index contributed by atoms with van der Waals surface area (Å²) in [4.78, 5) is 5.97. The number of aromatic nitrogens is 1. The van der Waals surface area contributed by atoms with Gasteiger partial charge in [0.1, 0.15) is 11.5 Å². The van der Waals surface area contributed by atoms with Crippen molar-refractivity contribution in [3.05, 3.63) is 157 Å². The molecule has 0 N–H and O–H groups in total. The number of pyridine rings is 1. The van der Waals surface area contributed by atoms with Gasteiger partial charge in [-0.1, -0.05) is 127 Å². The highest BCUT2D eigenvalue weighted by atomic mass is 19.4. The van der Waals surface area contributed by atoms with E-state index in [2.05, 4.69) is 53.5 Å². The summed E-state index contributed by atoms with van der Waals surface area (Å²) in [5.41, 5.74) is 4.95. The zero-order chi connectivity index (χ0) is 29.4. The van der Waals surface area contributed by atoms with Gasteiger partial charge >= 0.3 is 6.18 Å². The number of rotatable bonds is 5. The number of halogens is 3. The van der Waals surface area contributed by atoms with E-state index in [4.69, 9.17) is 0 Å². The first-order valence-electron chi connectivity index (χ1n) is 14.0. The summed E-state index contributed by atoms with van der Waals surface area (Å²) in [5, 5.41) is 3.81. The van der Waals surface area contributed by atoms with Crippen LogP contribution in [0.3, 0.4) is 0 Å². The van der Waals surface area contributed by atoms with Gasteiger partial charge in [-0.15, -0.1) is 0 Å². The van der Waals surface area contributed by atoms with Crippen LogP contribution in [0, 0.1) is 0 Å². The van der Waals surface area contributed by atoms with E-state index < -0.39 is 11.9 Å². The van der Waals surface area contributed by atoms with E-state index in [0.29, 0.717) is 5.69 Å². The molecule has 208 valence electrons. The van der Waals surface area contributed by atoms with Crippen molar-refractivity contribution < 1.29 is 13.2 Å². The smallest absolute Gasteiger partial charge is 0.294 e. The molecule has 1 heterocycles. The molecule has 5 heteroatoms. The third-order valence-corrected chi connectivity index (χ3v) is 7.68. The minimum atomic E-state index is -4.57. The minimum absolute atomic E-state index is 0.191. The predicted molar refractivity (Wildman–Crippen MR) is 170 cm³/mol. The molecular weight excluding hydrogens is 541 g/mol. The fourth-order valence-corrected chi connectivity index (χ4v) is 5.78. The Bertz CT molecular complexity index is 2000. The summed E-state index contributed by atoms with van der Waals surface area (Å²) >= 11 is 0. The number of hydrogen-bond donors (Lipinski definition) is 0. The lowest BCUT2D eigenvalue weighted by atomic mass is 9.89. The first-order valence-corrected chi connectivity index (χ1v) is 14.0. The van der Waals surface area contributed by atoms with Crippen LogP contribution >= 0.6 is 0 Å². The van der Waals surface area contributed by atoms with Crippen LogP contribution in [-0.2, 0) is 6.18 Å². The van der Waals surface area contributed by atoms with Gasteiger partial charge in [0.2, 0.25) is 0 Å². The molecule has 7 rings (SSSR count). The highest BCUT2D eigenvalue weighted by Gasteiger charge is 2.33. The van der Waals surface area contributed by atoms with E-state index in [-0.39, 0.29) is 5.82 Å². The van der Waals surface area contributed by atoms with Gasteiger partial charge in [-0.25, -0.2) is 4.98 Å². The Morgan fingerprint density at radius 1 is 0.442 bits per heavy atom. The highest BCUT2D eigenvalue weighted by molar-refractivity contribution is 6.22. The monoisotopic (exact) mass is 566 g/mol. The largest absolute Gasteiger partial charge is 0.433 e. The van der Waals surface area contributed by atoms with Crippen molar-refractivity contribution in [2.24, 2.45) is 0 Å². The Balaban J connectivity index is 1.52. The van der Waals surface area contributed by atoms with Crippen LogP contribution in [-0.4, -0.2) is 4.98 Å². The third-order valence-electron chi connectivity index (χ3n) is 7.68. The second kappa shape index (κ2) is 10.8. The Morgan fingerprint density at radius 2 is 0.930 bits per heavy atom. The summed E-state index contributed by atoms with van der Waals surface area (Å²) in [5.74, 6) is 0.191. The molecular formula is C38H25F3N2. The van der Waals surface area contributed by atoms with Crippen molar-refractivity contribution in [2.45, 2.75) is 6.18 Å². The van der Waals surface area contributed by atoms with Crippen molar-refractivity contribution in [2.75, 3.05) is 4.90 Å². The van der Waals surface area contributed by atoms with Crippen LogP contribution in [0.2, 0.25) is 0 Å². The van der Waals surface area contributed by atoms with E-state index in [1.54, 1.807) is 6.07 Å². The minimum Gasteiger partial charge on any atom is -0.294 e. The number of anilines is 3. The van der Waals surface area contributed by atoms with Gasteiger partial charge < -0.3 is 0 Å². The molecule has 1 aromatic heterocycles. The molecule has 0 unspecified atom stereocenters. The Labute approximate surface area is 247 Å². The molecule has 0 atom stereocenters. The highest BCUT2D eigenvalue weighted by Crippen LogP contribution is 2.48. The fourth-order valence-electron chi connectivity index (χ4n) is 5.78. The number of hydrogen-bond acceptors (Lipinski definition) is 2. The van der Waals surface area contributed by atoms with E-state index in [9.17, 15) is 13.2 Å². The lowest BCUT2D eigenvalue weighted by Crippen LogP contribution is -2.16. The van der Waals surface area contributed by atoms with Gasteiger partial charge in [0.25, 0.3) is 0 Å². The van der Waals surface area contributed by atoms with E-state index >= 15 is 0 Å². The van der Waals surface area contributed by atoms with Gasteiger partial charge in [-0.2, -0.15) is 13.2 Å². The molecule has 0 spiro atoms. The fraction of sp³-hybridized carbons (Fsp3) is 0.0263. The lowest BCUT2D eigenvalue weighted by molar-refractivity contribution is -0.141.